The zero-order valence-electron chi connectivity index (χ0n) is 13.2. The number of amides is 1. The zero-order valence-corrected chi connectivity index (χ0v) is 13.2. The quantitative estimate of drug-likeness (QED) is 0.829. The number of hydrogen-bond donors (Lipinski definition) is 1. The average Bonchev–Trinajstić information content (AvgIpc) is 2.56. The third kappa shape index (κ3) is 4.57. The number of nitrogens with one attached hydrogen (secondary N) is 1. The van der Waals surface area contributed by atoms with Crippen molar-refractivity contribution in [1.82, 2.24) is 0 Å². The Morgan fingerprint density at radius 1 is 0.870 bits per heavy atom. The lowest BCUT2D eigenvalue weighted by Gasteiger charge is -2.07. The molecule has 0 aliphatic carbocycles. The maximum absolute atomic E-state index is 12.2. The van der Waals surface area contributed by atoms with Crippen LogP contribution in [-0.4, -0.2) is 25.1 Å². The molecule has 0 saturated carbocycles. The van der Waals surface area contributed by atoms with E-state index >= 15 is 0 Å². The van der Waals surface area contributed by atoms with Gasteiger partial charge in [-0.15, -0.1) is 0 Å². The molecule has 5 nitrogen and oxygen atoms in total. The third-order valence-electron chi connectivity index (χ3n) is 3.08. The van der Waals surface area contributed by atoms with E-state index in [1.54, 1.807) is 55.5 Å². The summed E-state index contributed by atoms with van der Waals surface area (Å²) in [6.07, 6.45) is 0. The first-order chi connectivity index (χ1) is 11.1. The third-order valence-corrected chi connectivity index (χ3v) is 3.08. The van der Waals surface area contributed by atoms with E-state index in [0.29, 0.717) is 30.0 Å². The molecule has 0 heterocycles. The molecule has 0 aliphatic heterocycles. The molecule has 0 unspecified atom stereocenters. The summed E-state index contributed by atoms with van der Waals surface area (Å²) in [5.41, 5.74) is 1.59. The minimum Gasteiger partial charge on any atom is -0.494 e. The van der Waals surface area contributed by atoms with Crippen LogP contribution < -0.4 is 10.1 Å². The zero-order chi connectivity index (χ0) is 16.7. The minimum atomic E-state index is -0.378. The molecule has 0 radical (unpaired) electrons. The summed E-state index contributed by atoms with van der Waals surface area (Å²) in [5, 5.41) is 2.78. The van der Waals surface area contributed by atoms with E-state index in [1.165, 1.54) is 0 Å². The summed E-state index contributed by atoms with van der Waals surface area (Å²) >= 11 is 0. The van der Waals surface area contributed by atoms with Gasteiger partial charge in [-0.05, 0) is 62.4 Å². The van der Waals surface area contributed by atoms with Gasteiger partial charge in [0, 0.05) is 11.3 Å². The van der Waals surface area contributed by atoms with Gasteiger partial charge in [0.25, 0.3) is 5.91 Å². The topological polar surface area (TPSA) is 64.6 Å². The lowest BCUT2D eigenvalue weighted by Crippen LogP contribution is -2.12. The lowest BCUT2D eigenvalue weighted by atomic mass is 10.1. The van der Waals surface area contributed by atoms with E-state index < -0.39 is 0 Å². The molecule has 0 aliphatic rings. The van der Waals surface area contributed by atoms with Gasteiger partial charge in [0.2, 0.25) is 0 Å². The minimum absolute atomic E-state index is 0.225. The lowest BCUT2D eigenvalue weighted by molar-refractivity contribution is 0.0526. The van der Waals surface area contributed by atoms with Crippen LogP contribution in [-0.2, 0) is 4.74 Å². The molecule has 5 heteroatoms. The SMILES string of the molecule is CCOC(=O)c1ccc(NC(=O)c2ccc(OCC)cc2)cc1. The maximum atomic E-state index is 12.2. The Kier molecular flexibility index (Phi) is 5.74. The number of hydrogen-bond acceptors (Lipinski definition) is 4. The first-order valence-corrected chi connectivity index (χ1v) is 7.45. The van der Waals surface area contributed by atoms with Crippen LogP contribution in [0.1, 0.15) is 34.6 Å². The van der Waals surface area contributed by atoms with E-state index in [0.717, 1.165) is 5.75 Å². The van der Waals surface area contributed by atoms with Crippen molar-refractivity contribution in [3.63, 3.8) is 0 Å². The van der Waals surface area contributed by atoms with Crippen molar-refractivity contribution in [2.24, 2.45) is 0 Å². The molecule has 23 heavy (non-hydrogen) atoms. The summed E-state index contributed by atoms with van der Waals surface area (Å²) in [4.78, 5) is 23.7. The summed E-state index contributed by atoms with van der Waals surface area (Å²) in [6.45, 7) is 4.57. The van der Waals surface area contributed by atoms with Crippen molar-refractivity contribution >= 4 is 17.6 Å². The molecule has 120 valence electrons. The van der Waals surface area contributed by atoms with Crippen LogP contribution in [0.15, 0.2) is 48.5 Å². The van der Waals surface area contributed by atoms with Gasteiger partial charge in [-0.1, -0.05) is 0 Å². The van der Waals surface area contributed by atoms with Gasteiger partial charge < -0.3 is 14.8 Å². The van der Waals surface area contributed by atoms with Gasteiger partial charge in [0.1, 0.15) is 5.75 Å². The van der Waals surface area contributed by atoms with Crippen molar-refractivity contribution in [3.8, 4) is 5.75 Å². The van der Waals surface area contributed by atoms with E-state index in [-0.39, 0.29) is 11.9 Å². The second-order valence-electron chi connectivity index (χ2n) is 4.71. The molecule has 2 aromatic rings. The van der Waals surface area contributed by atoms with E-state index in [1.807, 2.05) is 6.92 Å². The van der Waals surface area contributed by atoms with Crippen molar-refractivity contribution < 1.29 is 19.1 Å². The van der Waals surface area contributed by atoms with Crippen molar-refractivity contribution in [3.05, 3.63) is 59.7 Å². The summed E-state index contributed by atoms with van der Waals surface area (Å²) in [5.74, 6) is 0.122. The van der Waals surface area contributed by atoms with Crippen LogP contribution in [0.2, 0.25) is 0 Å². The maximum Gasteiger partial charge on any atom is 0.338 e. The highest BCUT2D eigenvalue weighted by molar-refractivity contribution is 6.04. The molecule has 0 atom stereocenters. The predicted molar refractivity (Wildman–Crippen MR) is 88.0 cm³/mol. The monoisotopic (exact) mass is 313 g/mol. The Labute approximate surface area is 135 Å². The van der Waals surface area contributed by atoms with Crippen LogP contribution >= 0.6 is 0 Å². The van der Waals surface area contributed by atoms with E-state index in [4.69, 9.17) is 9.47 Å². The first-order valence-electron chi connectivity index (χ1n) is 7.45. The molecular formula is C18H19NO4. The molecule has 0 spiro atoms. The number of carbonyl (C=O) groups is 2. The van der Waals surface area contributed by atoms with E-state index in [9.17, 15) is 9.59 Å². The Morgan fingerprint density at radius 2 is 1.48 bits per heavy atom. The standard InChI is InChI=1S/C18H19NO4/c1-3-22-16-11-7-13(8-12-16)17(20)19-15-9-5-14(6-10-15)18(21)23-4-2/h5-12H,3-4H2,1-2H3,(H,19,20). The van der Waals surface area contributed by atoms with Crippen LogP contribution in [0, 0.1) is 0 Å². The molecule has 2 aromatic carbocycles. The molecule has 2 rings (SSSR count). The molecule has 0 bridgehead atoms. The fourth-order valence-electron chi connectivity index (χ4n) is 1.98. The first kappa shape index (κ1) is 16.5. The second kappa shape index (κ2) is 7.98. The highest BCUT2D eigenvalue weighted by Gasteiger charge is 2.08. The highest BCUT2D eigenvalue weighted by Crippen LogP contribution is 2.15. The van der Waals surface area contributed by atoms with Gasteiger partial charge in [0.15, 0.2) is 0 Å². The van der Waals surface area contributed by atoms with Crippen LogP contribution in [0.25, 0.3) is 0 Å². The van der Waals surface area contributed by atoms with Gasteiger partial charge >= 0.3 is 5.97 Å². The van der Waals surface area contributed by atoms with Crippen LogP contribution in [0.5, 0.6) is 5.75 Å². The summed E-state index contributed by atoms with van der Waals surface area (Å²) in [7, 11) is 0. The number of benzene rings is 2. The van der Waals surface area contributed by atoms with Crippen molar-refractivity contribution in [1.29, 1.82) is 0 Å². The smallest absolute Gasteiger partial charge is 0.338 e. The fourth-order valence-corrected chi connectivity index (χ4v) is 1.98. The number of ether oxygens (including phenoxy) is 2. The van der Waals surface area contributed by atoms with Gasteiger partial charge in [-0.25, -0.2) is 4.79 Å². The number of anilines is 1. The highest BCUT2D eigenvalue weighted by atomic mass is 16.5. The largest absolute Gasteiger partial charge is 0.494 e. The average molecular weight is 313 g/mol. The molecule has 0 aromatic heterocycles. The van der Waals surface area contributed by atoms with Gasteiger partial charge in [-0.2, -0.15) is 0 Å². The Bertz CT molecular complexity index is 662. The number of carbonyl (C=O) groups excluding carboxylic acids is 2. The number of esters is 1. The van der Waals surface area contributed by atoms with Crippen molar-refractivity contribution in [2.45, 2.75) is 13.8 Å². The molecule has 1 N–H and O–H groups in total. The van der Waals surface area contributed by atoms with Crippen molar-refractivity contribution in [2.75, 3.05) is 18.5 Å². The second-order valence-corrected chi connectivity index (χ2v) is 4.71. The van der Waals surface area contributed by atoms with Crippen LogP contribution in [0.4, 0.5) is 5.69 Å². The number of rotatable bonds is 6. The summed E-state index contributed by atoms with van der Waals surface area (Å²) in [6, 6.07) is 13.5. The van der Waals surface area contributed by atoms with E-state index in [2.05, 4.69) is 5.32 Å². The fraction of sp³-hybridized carbons (Fsp3) is 0.222. The molecule has 0 saturated heterocycles. The Morgan fingerprint density at radius 3 is 2.04 bits per heavy atom. The Hall–Kier alpha value is -2.82. The predicted octanol–water partition coefficient (Wildman–Crippen LogP) is 3.51. The molecular weight excluding hydrogens is 294 g/mol. The van der Waals surface area contributed by atoms with Gasteiger partial charge in [0.05, 0.1) is 18.8 Å². The molecule has 1 amide bonds. The van der Waals surface area contributed by atoms with Gasteiger partial charge in [-0.3, -0.25) is 4.79 Å². The normalized spacial score (nSPS) is 10.0. The van der Waals surface area contributed by atoms with Crippen LogP contribution in [0.3, 0.4) is 0 Å². The summed E-state index contributed by atoms with van der Waals surface area (Å²) < 4.78 is 10.2. The molecule has 0 fully saturated rings. The Balaban J connectivity index is 2.00.